The summed E-state index contributed by atoms with van der Waals surface area (Å²) in [4.78, 5) is 2.17. The molecule has 0 aliphatic carbocycles. The van der Waals surface area contributed by atoms with Crippen molar-refractivity contribution in [1.82, 2.24) is 4.90 Å². The minimum Gasteiger partial charge on any atom is -0.508 e. The number of ether oxygens (including phenoxy) is 1. The molecule has 1 heterocycles. The number of nitrogens with zero attached hydrogens (tertiary/aromatic N) is 1. The Morgan fingerprint density at radius 2 is 2.38 bits per heavy atom. The summed E-state index contributed by atoms with van der Waals surface area (Å²) in [7, 11) is 2.03. The Labute approximate surface area is 101 Å². The Bertz CT molecular complexity index is 344. The molecular weight excluding hydrogens is 226 g/mol. The van der Waals surface area contributed by atoms with E-state index in [0.717, 1.165) is 25.2 Å². The highest BCUT2D eigenvalue weighted by molar-refractivity contribution is 6.31. The van der Waals surface area contributed by atoms with Crippen LogP contribution in [0, 0.1) is 0 Å². The van der Waals surface area contributed by atoms with Crippen molar-refractivity contribution in [2.75, 3.05) is 20.3 Å². The summed E-state index contributed by atoms with van der Waals surface area (Å²) in [6.45, 7) is 2.24. The van der Waals surface area contributed by atoms with Gasteiger partial charge in [-0.1, -0.05) is 17.7 Å². The number of benzene rings is 1. The van der Waals surface area contributed by atoms with Crippen LogP contribution in [-0.2, 0) is 11.3 Å². The maximum Gasteiger partial charge on any atom is 0.121 e. The molecule has 88 valence electrons. The van der Waals surface area contributed by atoms with Gasteiger partial charge in [-0.2, -0.15) is 0 Å². The van der Waals surface area contributed by atoms with Crippen LogP contribution in [0.5, 0.6) is 5.75 Å². The number of hydrogen-bond acceptors (Lipinski definition) is 3. The van der Waals surface area contributed by atoms with Crippen LogP contribution < -0.4 is 0 Å². The Balaban J connectivity index is 2.07. The molecule has 16 heavy (non-hydrogen) atoms. The smallest absolute Gasteiger partial charge is 0.121 e. The lowest BCUT2D eigenvalue weighted by molar-refractivity contribution is 0.156. The molecule has 0 spiro atoms. The second kappa shape index (κ2) is 5.04. The van der Waals surface area contributed by atoms with Gasteiger partial charge in [-0.3, -0.25) is 4.90 Å². The summed E-state index contributed by atoms with van der Waals surface area (Å²) in [5.74, 6) is 0.262. The van der Waals surface area contributed by atoms with E-state index < -0.39 is 0 Å². The number of phenols is 1. The molecule has 0 saturated carbocycles. The number of halogens is 1. The number of phenolic OH excluding ortho intramolecular Hbond substituents is 1. The average molecular weight is 242 g/mol. The molecule has 0 amide bonds. The second-order valence-electron chi connectivity index (χ2n) is 4.17. The van der Waals surface area contributed by atoms with E-state index in [1.165, 1.54) is 0 Å². The topological polar surface area (TPSA) is 32.7 Å². The van der Waals surface area contributed by atoms with Crippen molar-refractivity contribution < 1.29 is 9.84 Å². The summed E-state index contributed by atoms with van der Waals surface area (Å²) in [5, 5.41) is 10.4. The van der Waals surface area contributed by atoms with Crippen molar-refractivity contribution in [3.63, 3.8) is 0 Å². The lowest BCUT2D eigenvalue weighted by atomic mass is 10.1. The fourth-order valence-electron chi connectivity index (χ4n) is 1.95. The first-order valence-corrected chi connectivity index (χ1v) is 5.80. The summed E-state index contributed by atoms with van der Waals surface area (Å²) < 4.78 is 5.34. The van der Waals surface area contributed by atoms with Gasteiger partial charge in [0.2, 0.25) is 0 Å². The van der Waals surface area contributed by atoms with E-state index >= 15 is 0 Å². The molecule has 1 N–H and O–H groups in total. The van der Waals surface area contributed by atoms with Gasteiger partial charge >= 0.3 is 0 Å². The number of hydrogen-bond donors (Lipinski definition) is 1. The minimum absolute atomic E-state index is 0.262. The van der Waals surface area contributed by atoms with Crippen molar-refractivity contribution in [2.24, 2.45) is 0 Å². The first-order chi connectivity index (χ1) is 7.68. The normalized spacial score (nSPS) is 20.6. The molecule has 1 atom stereocenters. The molecule has 3 nitrogen and oxygen atoms in total. The van der Waals surface area contributed by atoms with Gasteiger partial charge in [0.1, 0.15) is 5.75 Å². The molecule has 1 saturated heterocycles. The van der Waals surface area contributed by atoms with Gasteiger partial charge < -0.3 is 9.84 Å². The van der Waals surface area contributed by atoms with Gasteiger partial charge in [0.25, 0.3) is 0 Å². The summed E-state index contributed by atoms with van der Waals surface area (Å²) in [5.41, 5.74) is 0.790. The molecule has 1 aromatic carbocycles. The molecule has 1 aliphatic heterocycles. The second-order valence-corrected chi connectivity index (χ2v) is 4.58. The van der Waals surface area contributed by atoms with Crippen molar-refractivity contribution >= 4 is 11.6 Å². The van der Waals surface area contributed by atoms with Crippen LogP contribution in [0.4, 0.5) is 0 Å². The average Bonchev–Trinajstić information content (AvgIpc) is 2.76. The number of likely N-dealkylation sites (N-methyl/N-ethyl adjacent to an activating group) is 1. The molecule has 1 fully saturated rings. The lowest BCUT2D eigenvalue weighted by Gasteiger charge is -2.23. The highest BCUT2D eigenvalue weighted by Gasteiger charge is 2.21. The number of aromatic hydroxyl groups is 1. The third kappa shape index (κ3) is 2.48. The van der Waals surface area contributed by atoms with Gasteiger partial charge in [0.15, 0.2) is 0 Å². The molecule has 0 radical (unpaired) electrons. The van der Waals surface area contributed by atoms with E-state index in [-0.39, 0.29) is 5.75 Å². The molecular formula is C12H16ClNO2. The molecule has 0 bridgehead atoms. The van der Waals surface area contributed by atoms with E-state index in [1.54, 1.807) is 18.2 Å². The maximum absolute atomic E-state index is 9.74. The zero-order valence-electron chi connectivity index (χ0n) is 9.32. The third-order valence-corrected chi connectivity index (χ3v) is 3.38. The molecule has 2 rings (SSSR count). The van der Waals surface area contributed by atoms with E-state index in [4.69, 9.17) is 16.3 Å². The first kappa shape index (κ1) is 11.7. The van der Waals surface area contributed by atoms with E-state index in [0.29, 0.717) is 17.6 Å². The summed E-state index contributed by atoms with van der Waals surface area (Å²) in [6.07, 6.45) is 1.04. The van der Waals surface area contributed by atoms with Crippen molar-refractivity contribution in [3.8, 4) is 5.75 Å². The van der Waals surface area contributed by atoms with Crippen molar-refractivity contribution in [1.29, 1.82) is 0 Å². The Morgan fingerprint density at radius 1 is 1.56 bits per heavy atom. The third-order valence-electron chi connectivity index (χ3n) is 3.03. The number of rotatable bonds is 3. The predicted molar refractivity (Wildman–Crippen MR) is 63.8 cm³/mol. The van der Waals surface area contributed by atoms with Gasteiger partial charge in [-0.05, 0) is 25.6 Å². The predicted octanol–water partition coefficient (Wildman–Crippen LogP) is 2.27. The fourth-order valence-corrected chi connectivity index (χ4v) is 2.18. The first-order valence-electron chi connectivity index (χ1n) is 5.43. The van der Waals surface area contributed by atoms with Crippen molar-refractivity contribution in [2.45, 2.75) is 19.0 Å². The Morgan fingerprint density at radius 3 is 3.00 bits per heavy atom. The van der Waals surface area contributed by atoms with Crippen LogP contribution in [0.1, 0.15) is 12.0 Å². The lowest BCUT2D eigenvalue weighted by Crippen LogP contribution is -2.31. The van der Waals surface area contributed by atoms with Crippen LogP contribution >= 0.6 is 11.6 Å². The molecule has 1 unspecified atom stereocenters. The van der Waals surface area contributed by atoms with Crippen LogP contribution in [0.25, 0.3) is 0 Å². The Hall–Kier alpha value is -0.770. The minimum atomic E-state index is 0.262. The van der Waals surface area contributed by atoms with Gasteiger partial charge in [0.05, 0.1) is 6.61 Å². The van der Waals surface area contributed by atoms with E-state index in [2.05, 4.69) is 4.90 Å². The maximum atomic E-state index is 9.74. The van der Waals surface area contributed by atoms with Crippen LogP contribution in [0.2, 0.25) is 5.02 Å². The van der Waals surface area contributed by atoms with Gasteiger partial charge in [0, 0.05) is 29.8 Å². The largest absolute Gasteiger partial charge is 0.508 e. The van der Waals surface area contributed by atoms with Crippen LogP contribution in [0.3, 0.4) is 0 Å². The highest BCUT2D eigenvalue weighted by Crippen LogP contribution is 2.27. The SMILES string of the molecule is CN(Cc1c(O)cccc1Cl)C1CCOC1. The van der Waals surface area contributed by atoms with Gasteiger partial charge in [-0.15, -0.1) is 0 Å². The standard InChI is InChI=1S/C12H16ClNO2/c1-14(9-5-6-16-8-9)7-10-11(13)3-2-4-12(10)15/h2-4,9,15H,5-8H2,1H3. The summed E-state index contributed by atoms with van der Waals surface area (Å²) in [6, 6.07) is 5.64. The van der Waals surface area contributed by atoms with E-state index in [1.807, 2.05) is 7.05 Å². The zero-order chi connectivity index (χ0) is 11.5. The summed E-state index contributed by atoms with van der Waals surface area (Å²) >= 11 is 6.06. The van der Waals surface area contributed by atoms with Crippen molar-refractivity contribution in [3.05, 3.63) is 28.8 Å². The monoisotopic (exact) mass is 241 g/mol. The molecule has 1 aliphatic rings. The molecule has 1 aromatic rings. The zero-order valence-corrected chi connectivity index (χ0v) is 10.1. The molecule has 4 heteroatoms. The molecule has 0 aromatic heterocycles. The fraction of sp³-hybridized carbons (Fsp3) is 0.500. The quantitative estimate of drug-likeness (QED) is 0.881. The van der Waals surface area contributed by atoms with Gasteiger partial charge in [-0.25, -0.2) is 0 Å². The Kier molecular flexibility index (Phi) is 3.69. The van der Waals surface area contributed by atoms with Crippen LogP contribution in [-0.4, -0.2) is 36.3 Å². The van der Waals surface area contributed by atoms with E-state index in [9.17, 15) is 5.11 Å². The van der Waals surface area contributed by atoms with Crippen LogP contribution in [0.15, 0.2) is 18.2 Å². The highest BCUT2D eigenvalue weighted by atomic mass is 35.5.